The van der Waals surface area contributed by atoms with E-state index in [2.05, 4.69) is 18.2 Å². The van der Waals surface area contributed by atoms with Crippen molar-refractivity contribution in [1.29, 1.82) is 5.26 Å². The molecule has 1 atom stereocenters. The van der Waals surface area contributed by atoms with Crippen LogP contribution in [0.5, 0.6) is 0 Å². The van der Waals surface area contributed by atoms with Gasteiger partial charge in [-0.1, -0.05) is 24.3 Å². The summed E-state index contributed by atoms with van der Waals surface area (Å²) in [4.78, 5) is 0. The molecule has 0 spiro atoms. The molecule has 0 radical (unpaired) electrons. The van der Waals surface area contributed by atoms with Crippen LogP contribution >= 0.6 is 0 Å². The van der Waals surface area contributed by atoms with Crippen molar-refractivity contribution < 1.29 is 9.84 Å². The van der Waals surface area contributed by atoms with Gasteiger partial charge in [-0.2, -0.15) is 5.26 Å². The Hall–Kier alpha value is -1.37. The average molecular weight is 257 g/mol. The average Bonchev–Trinajstić information content (AvgIpc) is 3.32. The van der Waals surface area contributed by atoms with E-state index in [-0.39, 0.29) is 0 Å². The van der Waals surface area contributed by atoms with Gasteiger partial charge in [0.1, 0.15) is 0 Å². The SMILES string of the molecule is N#CC1(C(O)c2cccc(C3CC3)c2)CCOCC1. The summed E-state index contributed by atoms with van der Waals surface area (Å²) in [6, 6.07) is 10.5. The van der Waals surface area contributed by atoms with Crippen molar-refractivity contribution in [1.82, 2.24) is 0 Å². The Morgan fingerprint density at radius 2 is 2.05 bits per heavy atom. The Bertz CT molecular complexity index is 496. The number of aliphatic hydroxyl groups is 1. The summed E-state index contributed by atoms with van der Waals surface area (Å²) in [5.41, 5.74) is 1.50. The molecular weight excluding hydrogens is 238 g/mol. The molecule has 100 valence electrons. The number of benzene rings is 1. The van der Waals surface area contributed by atoms with Gasteiger partial charge < -0.3 is 9.84 Å². The van der Waals surface area contributed by atoms with Gasteiger partial charge in [-0.25, -0.2) is 0 Å². The van der Waals surface area contributed by atoms with Crippen LogP contribution in [0.4, 0.5) is 0 Å². The van der Waals surface area contributed by atoms with Crippen LogP contribution in [0.15, 0.2) is 24.3 Å². The topological polar surface area (TPSA) is 53.2 Å². The zero-order valence-electron chi connectivity index (χ0n) is 11.0. The molecule has 0 bridgehead atoms. The molecule has 1 aliphatic carbocycles. The molecular formula is C16H19NO2. The molecule has 1 N–H and O–H groups in total. The van der Waals surface area contributed by atoms with E-state index < -0.39 is 11.5 Å². The van der Waals surface area contributed by atoms with E-state index in [0.717, 1.165) is 5.56 Å². The predicted molar refractivity (Wildman–Crippen MR) is 71.5 cm³/mol. The summed E-state index contributed by atoms with van der Waals surface area (Å²) >= 11 is 0. The molecule has 3 rings (SSSR count). The van der Waals surface area contributed by atoms with Gasteiger partial charge in [0.15, 0.2) is 0 Å². The fraction of sp³-hybridized carbons (Fsp3) is 0.562. The molecule has 1 aliphatic heterocycles. The summed E-state index contributed by atoms with van der Waals surface area (Å²) in [5.74, 6) is 0.667. The highest BCUT2D eigenvalue weighted by molar-refractivity contribution is 5.32. The van der Waals surface area contributed by atoms with Crippen LogP contribution in [0.25, 0.3) is 0 Å². The molecule has 2 fully saturated rings. The van der Waals surface area contributed by atoms with Gasteiger partial charge in [0, 0.05) is 13.2 Å². The first kappa shape index (κ1) is 12.7. The molecule has 2 aliphatic rings. The number of hydrogen-bond acceptors (Lipinski definition) is 3. The molecule has 1 saturated carbocycles. The quantitative estimate of drug-likeness (QED) is 0.905. The van der Waals surface area contributed by atoms with Crippen LogP contribution in [-0.4, -0.2) is 18.3 Å². The number of hydrogen-bond donors (Lipinski definition) is 1. The van der Waals surface area contributed by atoms with Crippen molar-refractivity contribution in [3.63, 3.8) is 0 Å². The van der Waals surface area contributed by atoms with Crippen molar-refractivity contribution in [3.05, 3.63) is 35.4 Å². The summed E-state index contributed by atoms with van der Waals surface area (Å²) in [7, 11) is 0. The molecule has 1 heterocycles. The largest absolute Gasteiger partial charge is 0.387 e. The first-order chi connectivity index (χ1) is 9.25. The Morgan fingerprint density at radius 1 is 1.32 bits per heavy atom. The van der Waals surface area contributed by atoms with Gasteiger partial charge in [-0.15, -0.1) is 0 Å². The second-order valence-electron chi connectivity index (χ2n) is 5.73. The first-order valence-corrected chi connectivity index (χ1v) is 7.02. The fourth-order valence-electron chi connectivity index (χ4n) is 2.90. The third-order valence-corrected chi connectivity index (χ3v) is 4.41. The zero-order chi connectivity index (χ0) is 13.3. The lowest BCUT2D eigenvalue weighted by molar-refractivity contribution is -0.0310. The van der Waals surface area contributed by atoms with Gasteiger partial charge in [0.25, 0.3) is 0 Å². The Kier molecular flexibility index (Phi) is 3.30. The lowest BCUT2D eigenvalue weighted by Crippen LogP contribution is -2.34. The standard InChI is InChI=1S/C16H19NO2/c17-11-16(6-8-19-9-7-16)15(18)14-3-1-2-13(10-14)12-4-5-12/h1-3,10,12,15,18H,4-9H2. The van der Waals surface area contributed by atoms with Crippen LogP contribution < -0.4 is 0 Å². The van der Waals surface area contributed by atoms with Crippen LogP contribution in [0, 0.1) is 16.7 Å². The minimum Gasteiger partial charge on any atom is -0.387 e. The van der Waals surface area contributed by atoms with Crippen molar-refractivity contribution in [2.24, 2.45) is 5.41 Å². The maximum absolute atomic E-state index is 10.6. The fourth-order valence-corrected chi connectivity index (χ4v) is 2.90. The smallest absolute Gasteiger partial charge is 0.0978 e. The van der Waals surface area contributed by atoms with E-state index in [0.29, 0.717) is 32.0 Å². The van der Waals surface area contributed by atoms with Crippen molar-refractivity contribution >= 4 is 0 Å². The van der Waals surface area contributed by atoms with E-state index in [1.807, 2.05) is 12.1 Å². The molecule has 1 unspecified atom stereocenters. The lowest BCUT2D eigenvalue weighted by atomic mass is 9.74. The molecule has 1 aromatic rings. The zero-order valence-corrected chi connectivity index (χ0v) is 11.0. The first-order valence-electron chi connectivity index (χ1n) is 7.02. The van der Waals surface area contributed by atoms with Crippen molar-refractivity contribution in [2.75, 3.05) is 13.2 Å². The number of aliphatic hydroxyl groups excluding tert-OH is 1. The van der Waals surface area contributed by atoms with Crippen LogP contribution in [-0.2, 0) is 4.74 Å². The number of rotatable bonds is 3. The van der Waals surface area contributed by atoms with Gasteiger partial charge in [-0.3, -0.25) is 0 Å². The molecule has 19 heavy (non-hydrogen) atoms. The normalized spacial score (nSPS) is 23.6. The van der Waals surface area contributed by atoms with E-state index in [1.54, 1.807) is 0 Å². The Morgan fingerprint density at radius 3 is 2.68 bits per heavy atom. The maximum atomic E-state index is 10.6. The van der Waals surface area contributed by atoms with E-state index in [4.69, 9.17) is 4.74 Å². The summed E-state index contributed by atoms with van der Waals surface area (Å²) < 4.78 is 5.32. The third kappa shape index (κ3) is 2.39. The van der Waals surface area contributed by atoms with Crippen LogP contribution in [0.1, 0.15) is 48.8 Å². The number of ether oxygens (including phenoxy) is 1. The molecule has 3 heteroatoms. The minimum absolute atomic E-state index is 0.562. The Labute approximate surface area is 113 Å². The van der Waals surface area contributed by atoms with Gasteiger partial charge >= 0.3 is 0 Å². The molecule has 1 aromatic carbocycles. The molecule has 0 amide bonds. The molecule has 3 nitrogen and oxygen atoms in total. The predicted octanol–water partition coefficient (Wildman–Crippen LogP) is 2.92. The molecule has 0 aromatic heterocycles. The number of nitrogens with zero attached hydrogens (tertiary/aromatic N) is 1. The lowest BCUT2D eigenvalue weighted by Gasteiger charge is -2.35. The highest BCUT2D eigenvalue weighted by Crippen LogP contribution is 2.44. The van der Waals surface area contributed by atoms with Gasteiger partial charge in [0.05, 0.1) is 17.6 Å². The highest BCUT2D eigenvalue weighted by atomic mass is 16.5. The monoisotopic (exact) mass is 257 g/mol. The minimum atomic E-state index is -0.708. The summed E-state index contributed by atoms with van der Waals surface area (Å²) in [6.07, 6.45) is 3.00. The van der Waals surface area contributed by atoms with E-state index in [9.17, 15) is 10.4 Å². The summed E-state index contributed by atoms with van der Waals surface area (Å²) in [6.45, 7) is 1.12. The molecule has 1 saturated heterocycles. The summed E-state index contributed by atoms with van der Waals surface area (Å²) in [5, 5.41) is 20.1. The maximum Gasteiger partial charge on any atom is 0.0978 e. The second kappa shape index (κ2) is 4.96. The van der Waals surface area contributed by atoms with Gasteiger partial charge in [-0.05, 0) is 42.7 Å². The van der Waals surface area contributed by atoms with Crippen molar-refractivity contribution in [2.45, 2.75) is 37.7 Å². The second-order valence-corrected chi connectivity index (χ2v) is 5.73. The van der Waals surface area contributed by atoms with Gasteiger partial charge in [0.2, 0.25) is 0 Å². The van der Waals surface area contributed by atoms with Crippen LogP contribution in [0.2, 0.25) is 0 Å². The highest BCUT2D eigenvalue weighted by Gasteiger charge is 2.41. The van der Waals surface area contributed by atoms with Crippen LogP contribution in [0.3, 0.4) is 0 Å². The van der Waals surface area contributed by atoms with E-state index >= 15 is 0 Å². The van der Waals surface area contributed by atoms with E-state index in [1.165, 1.54) is 18.4 Å². The number of nitriles is 1. The third-order valence-electron chi connectivity index (χ3n) is 4.41. The Balaban J connectivity index is 1.87. The van der Waals surface area contributed by atoms with Crippen molar-refractivity contribution in [3.8, 4) is 6.07 Å².